The van der Waals surface area contributed by atoms with Crippen LogP contribution in [0.2, 0.25) is 0 Å². The molecule has 0 radical (unpaired) electrons. The smallest absolute Gasteiger partial charge is 0.226 e. The second-order valence-electron chi connectivity index (χ2n) is 6.66. The molecule has 1 aromatic heterocycles. The third-order valence-corrected chi connectivity index (χ3v) is 5.71. The Balaban J connectivity index is 1.57. The first kappa shape index (κ1) is 15.6. The third-order valence-electron chi connectivity index (χ3n) is 5.02. The monoisotopic (exact) mass is 344 g/mol. The number of carbonyl (C=O) groups excluding carboxylic acids is 1. The summed E-state index contributed by atoms with van der Waals surface area (Å²) in [5.41, 5.74) is 1.79. The largest absolute Gasteiger partial charge is 0.487 e. The minimum atomic E-state index is -0.0974. The summed E-state index contributed by atoms with van der Waals surface area (Å²) in [4.78, 5) is 16.5. The third kappa shape index (κ3) is 2.91. The number of fused-ring (bicyclic) bond motifs is 1. The molecule has 1 fully saturated rings. The van der Waals surface area contributed by atoms with Crippen molar-refractivity contribution in [3.05, 3.63) is 40.9 Å². The van der Waals surface area contributed by atoms with Crippen LogP contribution in [-0.4, -0.2) is 21.6 Å². The standard InChI is InChI=1S/C18H20N2O3S/c21-11-12-2-3-15-14(8-12)13(10-18(23-15)4-1-5-18)9-16(22)20-17-19-6-7-24-17/h2-3,6-8,13,21H,1,4-5,9-11H2,(H,19,20,22). The fourth-order valence-corrected chi connectivity index (χ4v) is 4.23. The van der Waals surface area contributed by atoms with Crippen LogP contribution < -0.4 is 10.1 Å². The van der Waals surface area contributed by atoms with Gasteiger partial charge >= 0.3 is 0 Å². The van der Waals surface area contributed by atoms with Crippen molar-refractivity contribution in [2.24, 2.45) is 0 Å². The predicted molar refractivity (Wildman–Crippen MR) is 92.3 cm³/mol. The summed E-state index contributed by atoms with van der Waals surface area (Å²) in [6.45, 7) is -0.00352. The van der Waals surface area contributed by atoms with Crippen molar-refractivity contribution in [2.45, 2.75) is 50.2 Å². The maximum Gasteiger partial charge on any atom is 0.226 e. The normalized spacial score (nSPS) is 20.8. The van der Waals surface area contributed by atoms with Gasteiger partial charge in [0.2, 0.25) is 5.91 Å². The number of anilines is 1. The van der Waals surface area contributed by atoms with Crippen molar-refractivity contribution >= 4 is 22.4 Å². The minimum Gasteiger partial charge on any atom is -0.487 e. The molecule has 1 aliphatic carbocycles. The molecule has 1 atom stereocenters. The number of benzene rings is 1. The van der Waals surface area contributed by atoms with Gasteiger partial charge in [-0.1, -0.05) is 6.07 Å². The first-order valence-electron chi connectivity index (χ1n) is 8.29. The first-order chi connectivity index (χ1) is 11.7. The number of hydrogen-bond donors (Lipinski definition) is 2. The number of amides is 1. The van der Waals surface area contributed by atoms with Gasteiger partial charge in [-0.3, -0.25) is 4.79 Å². The molecule has 1 spiro atoms. The van der Waals surface area contributed by atoms with E-state index in [0.29, 0.717) is 11.6 Å². The lowest BCUT2D eigenvalue weighted by atomic mass is 9.70. The molecule has 2 aromatic rings. The van der Waals surface area contributed by atoms with Crippen molar-refractivity contribution in [1.29, 1.82) is 0 Å². The SMILES string of the molecule is O=C(CC1CC2(CCC2)Oc2ccc(CO)cc21)Nc1nccs1. The number of rotatable bonds is 4. The van der Waals surface area contributed by atoms with E-state index in [4.69, 9.17) is 4.74 Å². The van der Waals surface area contributed by atoms with E-state index in [0.717, 1.165) is 36.1 Å². The van der Waals surface area contributed by atoms with Gasteiger partial charge < -0.3 is 15.2 Å². The number of nitrogens with one attached hydrogen (secondary N) is 1. The fraction of sp³-hybridized carbons (Fsp3) is 0.444. The van der Waals surface area contributed by atoms with Crippen LogP contribution >= 0.6 is 11.3 Å². The minimum absolute atomic E-state index is 0.00352. The number of ether oxygens (including phenoxy) is 1. The lowest BCUT2D eigenvalue weighted by Crippen LogP contribution is -2.47. The maximum absolute atomic E-state index is 12.4. The zero-order valence-corrected chi connectivity index (χ0v) is 14.1. The molecule has 1 saturated carbocycles. The Morgan fingerprint density at radius 2 is 2.33 bits per heavy atom. The van der Waals surface area contributed by atoms with Crippen LogP contribution in [0, 0.1) is 0 Å². The molecule has 4 rings (SSSR count). The van der Waals surface area contributed by atoms with Crippen molar-refractivity contribution in [2.75, 3.05) is 5.32 Å². The van der Waals surface area contributed by atoms with E-state index in [1.807, 2.05) is 23.6 Å². The Bertz CT molecular complexity index is 741. The molecule has 126 valence electrons. The van der Waals surface area contributed by atoms with E-state index >= 15 is 0 Å². The van der Waals surface area contributed by atoms with Crippen LogP contribution in [0.1, 0.15) is 49.1 Å². The van der Waals surface area contributed by atoms with Crippen molar-refractivity contribution < 1.29 is 14.6 Å². The summed E-state index contributed by atoms with van der Waals surface area (Å²) in [5, 5.41) is 14.8. The Kier molecular flexibility index (Phi) is 4.02. The molecule has 2 heterocycles. The molecule has 0 bridgehead atoms. The zero-order chi connectivity index (χ0) is 16.6. The molecule has 1 aromatic carbocycles. The summed E-state index contributed by atoms with van der Waals surface area (Å²) in [6, 6.07) is 5.80. The van der Waals surface area contributed by atoms with Gasteiger partial charge in [0.05, 0.1) is 6.61 Å². The van der Waals surface area contributed by atoms with E-state index in [9.17, 15) is 9.90 Å². The van der Waals surface area contributed by atoms with E-state index in [1.165, 1.54) is 17.8 Å². The zero-order valence-electron chi connectivity index (χ0n) is 13.3. The average molecular weight is 344 g/mol. The van der Waals surface area contributed by atoms with Gasteiger partial charge in [0.15, 0.2) is 5.13 Å². The second kappa shape index (κ2) is 6.18. The number of aliphatic hydroxyl groups is 1. The van der Waals surface area contributed by atoms with Crippen LogP contribution in [0.25, 0.3) is 0 Å². The summed E-state index contributed by atoms with van der Waals surface area (Å²) in [6.07, 6.45) is 6.24. The highest BCUT2D eigenvalue weighted by atomic mass is 32.1. The van der Waals surface area contributed by atoms with Crippen LogP contribution in [0.3, 0.4) is 0 Å². The Morgan fingerprint density at radius 3 is 3.00 bits per heavy atom. The first-order valence-corrected chi connectivity index (χ1v) is 9.17. The lowest BCUT2D eigenvalue weighted by Gasteiger charge is -2.48. The molecule has 0 saturated heterocycles. The number of nitrogens with zero attached hydrogens (tertiary/aromatic N) is 1. The highest BCUT2D eigenvalue weighted by Crippen LogP contribution is 2.50. The second-order valence-corrected chi connectivity index (χ2v) is 7.55. The lowest BCUT2D eigenvalue weighted by molar-refractivity contribution is -0.117. The quantitative estimate of drug-likeness (QED) is 0.891. The maximum atomic E-state index is 12.4. The number of aromatic nitrogens is 1. The van der Waals surface area contributed by atoms with Gasteiger partial charge in [-0.2, -0.15) is 0 Å². The average Bonchev–Trinajstić information content (AvgIpc) is 3.05. The molecular formula is C18H20N2O3S. The molecule has 2 aliphatic rings. The number of hydrogen-bond acceptors (Lipinski definition) is 5. The van der Waals surface area contributed by atoms with Crippen molar-refractivity contribution in [3.63, 3.8) is 0 Å². The number of thiazole rings is 1. The molecule has 1 unspecified atom stereocenters. The number of aliphatic hydroxyl groups excluding tert-OH is 1. The Hall–Kier alpha value is -1.92. The van der Waals surface area contributed by atoms with E-state index in [-0.39, 0.29) is 24.0 Å². The van der Waals surface area contributed by atoms with Gasteiger partial charge in [-0.05, 0) is 48.9 Å². The predicted octanol–water partition coefficient (Wildman–Crippen LogP) is 3.45. The van der Waals surface area contributed by atoms with Gasteiger partial charge in [0.25, 0.3) is 0 Å². The van der Waals surface area contributed by atoms with Gasteiger partial charge in [-0.15, -0.1) is 11.3 Å². The van der Waals surface area contributed by atoms with Gasteiger partial charge in [0, 0.05) is 23.9 Å². The van der Waals surface area contributed by atoms with Gasteiger partial charge in [-0.25, -0.2) is 4.98 Å². The van der Waals surface area contributed by atoms with Crippen LogP contribution in [0.5, 0.6) is 5.75 Å². The molecule has 1 amide bonds. The topological polar surface area (TPSA) is 71.5 Å². The number of carbonyl (C=O) groups is 1. The molecular weight excluding hydrogens is 324 g/mol. The highest BCUT2D eigenvalue weighted by molar-refractivity contribution is 7.13. The Labute approximate surface area is 144 Å². The summed E-state index contributed by atoms with van der Waals surface area (Å²) in [7, 11) is 0. The highest BCUT2D eigenvalue weighted by Gasteiger charge is 2.45. The molecule has 1 aliphatic heterocycles. The van der Waals surface area contributed by atoms with Crippen LogP contribution in [0.15, 0.2) is 29.8 Å². The van der Waals surface area contributed by atoms with Crippen molar-refractivity contribution in [3.8, 4) is 5.75 Å². The fourth-order valence-electron chi connectivity index (χ4n) is 3.68. The van der Waals surface area contributed by atoms with Crippen LogP contribution in [0.4, 0.5) is 5.13 Å². The van der Waals surface area contributed by atoms with Gasteiger partial charge in [0.1, 0.15) is 11.4 Å². The van der Waals surface area contributed by atoms with E-state index < -0.39 is 0 Å². The summed E-state index contributed by atoms with van der Waals surface area (Å²) >= 11 is 1.42. The van der Waals surface area contributed by atoms with E-state index in [2.05, 4.69) is 10.3 Å². The molecule has 2 N–H and O–H groups in total. The van der Waals surface area contributed by atoms with Crippen molar-refractivity contribution in [1.82, 2.24) is 4.98 Å². The summed E-state index contributed by atoms with van der Waals surface area (Å²) < 4.78 is 6.25. The van der Waals surface area contributed by atoms with Crippen LogP contribution in [-0.2, 0) is 11.4 Å². The molecule has 5 nitrogen and oxygen atoms in total. The Morgan fingerprint density at radius 1 is 1.46 bits per heavy atom. The summed E-state index contributed by atoms with van der Waals surface area (Å²) in [5.74, 6) is 0.956. The molecule has 24 heavy (non-hydrogen) atoms. The molecule has 6 heteroatoms. The van der Waals surface area contributed by atoms with E-state index in [1.54, 1.807) is 6.20 Å².